The van der Waals surface area contributed by atoms with Gasteiger partial charge >= 0.3 is 118 Å². The van der Waals surface area contributed by atoms with Crippen LogP contribution in [0.4, 0.5) is 5.69 Å². The molecule has 1 amide bonds. The minimum atomic E-state index is -4.84. The Morgan fingerprint density at radius 1 is 1.25 bits per heavy atom. The van der Waals surface area contributed by atoms with Crippen LogP contribution in [-0.2, 0) is 8.53 Å². The van der Waals surface area contributed by atoms with Gasteiger partial charge in [-0.25, -0.2) is 0 Å². The molecule has 1 rings (SSSR count). The van der Waals surface area contributed by atoms with Gasteiger partial charge in [0.2, 0.25) is 0 Å². The fraction of sp³-hybridized carbons (Fsp3) is 0.125. The second-order valence-electron chi connectivity index (χ2n) is 2.80. The van der Waals surface area contributed by atoms with Crippen molar-refractivity contribution in [3.05, 3.63) is 24.3 Å². The van der Waals surface area contributed by atoms with Crippen LogP contribution in [0.15, 0.2) is 24.3 Å². The molecule has 82 valence electrons. The van der Waals surface area contributed by atoms with Gasteiger partial charge in [-0.3, -0.25) is 0 Å². The van der Waals surface area contributed by atoms with Crippen LogP contribution in [0.25, 0.3) is 0 Å². The Kier molecular flexibility index (Phi) is 6.58. The monoisotopic (exact) mass is 298 g/mol. The molecule has 0 bridgehead atoms. The summed E-state index contributed by atoms with van der Waals surface area (Å²) in [7, 11) is 0. The van der Waals surface area contributed by atoms with Gasteiger partial charge in [0.15, 0.2) is 0 Å². The van der Waals surface area contributed by atoms with E-state index in [1.54, 1.807) is 0 Å². The third-order valence-electron chi connectivity index (χ3n) is 1.63. The Hall–Kier alpha value is -0.0716. The molecule has 0 aliphatic heterocycles. The van der Waals surface area contributed by atoms with Gasteiger partial charge in [-0.2, -0.15) is 0 Å². The Bertz CT molecular complexity index is 401. The van der Waals surface area contributed by atoms with Gasteiger partial charge in [-0.15, -0.1) is 0 Å². The molecule has 0 radical (unpaired) electrons. The third kappa shape index (κ3) is 4.84. The summed E-state index contributed by atoms with van der Waals surface area (Å²) in [4.78, 5) is 10.8. The summed E-state index contributed by atoms with van der Waals surface area (Å²) in [6.45, 7) is -0.635. The zero-order valence-electron chi connectivity index (χ0n) is 8.62. The first kappa shape index (κ1) is 15.9. The number of benzene rings is 1. The van der Waals surface area contributed by atoms with Crippen molar-refractivity contribution in [2.45, 2.75) is 0 Å². The summed E-state index contributed by atoms with van der Waals surface area (Å²) in [5, 5.41) is 10.8. The van der Waals surface area contributed by atoms with Crippen molar-refractivity contribution in [3.8, 4) is 0 Å². The molecule has 6 nitrogen and oxygen atoms in total. The van der Waals surface area contributed by atoms with E-state index in [-0.39, 0.29) is 33.9 Å². The van der Waals surface area contributed by atoms with Gasteiger partial charge in [0.05, 0.1) is 0 Å². The molecule has 16 heavy (non-hydrogen) atoms. The molecule has 1 aromatic rings. The first-order valence-electron chi connectivity index (χ1n) is 4.00. The van der Waals surface area contributed by atoms with Crippen LogP contribution < -0.4 is 39.2 Å². The van der Waals surface area contributed by atoms with Crippen LogP contribution in [0, 0.1) is 0 Å². The summed E-state index contributed by atoms with van der Waals surface area (Å²) in [6, 6.07) is 5.21. The number of nitrogens with one attached hydrogen (secondary N) is 1. The average molecular weight is 298 g/mol. The van der Waals surface area contributed by atoms with Crippen LogP contribution in [-0.4, -0.2) is 40.0 Å². The van der Waals surface area contributed by atoms with Crippen LogP contribution in [0.2, 0.25) is 0 Å². The van der Waals surface area contributed by atoms with Gasteiger partial charge in [0, 0.05) is 0 Å². The molecule has 0 fully saturated rings. The van der Waals surface area contributed by atoms with Gasteiger partial charge < -0.3 is 0 Å². The van der Waals surface area contributed by atoms with Gasteiger partial charge in [-0.05, 0) is 0 Å². The number of rotatable bonds is 3. The van der Waals surface area contributed by atoms with E-state index in [2.05, 4.69) is 5.32 Å². The summed E-state index contributed by atoms with van der Waals surface area (Å²) in [5.74, 6) is -0.579. The van der Waals surface area contributed by atoms with E-state index in [9.17, 15) is 8.53 Å². The van der Waals surface area contributed by atoms with Crippen molar-refractivity contribution in [2.24, 2.45) is 0 Å². The summed E-state index contributed by atoms with van der Waals surface area (Å²) in [6.07, 6.45) is 0. The van der Waals surface area contributed by atoms with Crippen molar-refractivity contribution in [2.75, 3.05) is 11.9 Å². The minimum absolute atomic E-state index is 0. The number of carbonyl (C=O) groups excluding carboxylic acids is 1. The molecular weight excluding hydrogens is 288 g/mol. The van der Waals surface area contributed by atoms with Gasteiger partial charge in [0.1, 0.15) is 0 Å². The smallest absolute Gasteiger partial charge is 1.00 e. The van der Waals surface area contributed by atoms with Gasteiger partial charge in [-0.1, -0.05) is 0 Å². The molecular formula is C8H10AsNNaO5+. The zero-order chi connectivity index (χ0) is 11.5. The van der Waals surface area contributed by atoms with Crippen molar-refractivity contribution >= 4 is 30.1 Å². The number of carbonyl (C=O) groups is 1. The van der Waals surface area contributed by atoms with Crippen LogP contribution in [0.1, 0.15) is 0 Å². The van der Waals surface area contributed by atoms with E-state index in [0.717, 1.165) is 0 Å². The molecule has 0 unspecified atom stereocenters. The van der Waals surface area contributed by atoms with E-state index in [1.807, 2.05) is 0 Å². The molecule has 0 aliphatic rings. The van der Waals surface area contributed by atoms with Crippen molar-refractivity contribution in [1.82, 2.24) is 0 Å². The first-order chi connectivity index (χ1) is 6.93. The van der Waals surface area contributed by atoms with E-state index < -0.39 is 26.7 Å². The maximum atomic E-state index is 10.9. The Morgan fingerprint density at radius 2 is 1.75 bits per heavy atom. The topological polar surface area (TPSA) is 107 Å². The molecule has 0 saturated carbocycles. The molecule has 0 atom stereocenters. The third-order valence-corrected chi connectivity index (χ3v) is 3.67. The Morgan fingerprint density at radius 3 is 2.12 bits per heavy atom. The second kappa shape index (κ2) is 6.61. The van der Waals surface area contributed by atoms with E-state index >= 15 is 0 Å². The molecule has 0 heterocycles. The summed E-state index contributed by atoms with van der Waals surface area (Å²) < 4.78 is 28.5. The number of anilines is 1. The molecule has 0 aliphatic carbocycles. The maximum Gasteiger partial charge on any atom is 1.00 e. The standard InChI is InChI=1S/C8H10AsNO5.Na/c11-5-8(12)10-7-3-1-6(2-4-7)9(13,14)15;/h1-4,11H,5H2,(H,10,12)(H2,13,14,15);/q;+1. The van der Waals surface area contributed by atoms with Gasteiger partial charge in [0.25, 0.3) is 0 Å². The SMILES string of the molecule is O=C(CO)Nc1ccc([As](=O)(O)O)cc1.[Na+]. The van der Waals surface area contributed by atoms with Crippen LogP contribution in [0.3, 0.4) is 0 Å². The normalized spacial score (nSPS) is 10.4. The number of hydrogen-bond acceptors (Lipinski definition) is 3. The fourth-order valence-corrected chi connectivity index (χ4v) is 2.07. The largest absolute Gasteiger partial charge is 1.00 e. The second-order valence-corrected chi connectivity index (χ2v) is 6.16. The number of aliphatic hydroxyl groups is 1. The van der Waals surface area contributed by atoms with E-state index in [0.29, 0.717) is 5.69 Å². The predicted octanol–water partition coefficient (Wildman–Crippen LogP) is -4.82. The summed E-state index contributed by atoms with van der Waals surface area (Å²) in [5.41, 5.74) is 0.377. The molecule has 0 spiro atoms. The number of amides is 1. The molecule has 4 N–H and O–H groups in total. The summed E-state index contributed by atoms with van der Waals surface area (Å²) >= 11 is -4.84. The minimum Gasteiger partial charge on any atom is 1.00 e. The van der Waals surface area contributed by atoms with Crippen molar-refractivity contribution in [3.63, 3.8) is 0 Å². The Balaban J connectivity index is 0.00000225. The van der Waals surface area contributed by atoms with E-state index in [1.165, 1.54) is 24.3 Å². The van der Waals surface area contributed by atoms with Crippen LogP contribution in [0.5, 0.6) is 0 Å². The maximum absolute atomic E-state index is 10.9. The fourth-order valence-electron chi connectivity index (χ4n) is 0.939. The van der Waals surface area contributed by atoms with E-state index in [4.69, 9.17) is 13.3 Å². The molecule has 8 heteroatoms. The number of hydrogen-bond donors (Lipinski definition) is 4. The van der Waals surface area contributed by atoms with Crippen molar-refractivity contribution in [1.29, 1.82) is 0 Å². The first-order valence-corrected chi connectivity index (χ1v) is 7.38. The quantitative estimate of drug-likeness (QED) is 0.419. The molecule has 0 aromatic heterocycles. The Labute approximate surface area is 117 Å². The zero-order valence-corrected chi connectivity index (χ0v) is 12.5. The van der Waals surface area contributed by atoms with Crippen molar-refractivity contribution < 1.29 is 51.4 Å². The predicted molar refractivity (Wildman–Crippen MR) is 52.7 cm³/mol. The average Bonchev–Trinajstić information content (AvgIpc) is 2.17. The molecule has 1 aromatic carbocycles. The molecule has 0 saturated heterocycles. The van der Waals surface area contributed by atoms with Crippen LogP contribution >= 0.6 is 0 Å². The number of aliphatic hydroxyl groups excluding tert-OH is 1.